The van der Waals surface area contributed by atoms with Crippen LogP contribution in [0.4, 0.5) is 0 Å². The minimum absolute atomic E-state index is 0.0785. The lowest BCUT2D eigenvalue weighted by Crippen LogP contribution is -2.56. The molecule has 0 spiro atoms. The Labute approximate surface area is 151 Å². The van der Waals surface area contributed by atoms with Gasteiger partial charge in [-0.25, -0.2) is 4.79 Å². The topological polar surface area (TPSA) is 192 Å². The van der Waals surface area contributed by atoms with Crippen LogP contribution >= 0.6 is 0 Å². The Morgan fingerprint density at radius 3 is 2.50 bits per heavy atom. The van der Waals surface area contributed by atoms with Crippen molar-refractivity contribution >= 4 is 23.7 Å². The molecule has 1 fully saturated rings. The van der Waals surface area contributed by atoms with E-state index in [0.29, 0.717) is 12.8 Å². The number of aliphatic hydroxyl groups is 1. The molecule has 9 N–H and O–H groups in total. The van der Waals surface area contributed by atoms with Crippen molar-refractivity contribution in [1.82, 2.24) is 16.0 Å². The lowest BCUT2D eigenvalue weighted by molar-refractivity contribution is -0.145. The Morgan fingerprint density at radius 2 is 2.00 bits per heavy atom. The molecule has 2 amide bonds. The molecule has 1 aliphatic rings. The number of aliphatic hydroxyl groups excluding tert-OH is 1. The summed E-state index contributed by atoms with van der Waals surface area (Å²) in [7, 11) is 0. The van der Waals surface area contributed by atoms with Crippen LogP contribution in [-0.2, 0) is 14.4 Å². The van der Waals surface area contributed by atoms with Crippen LogP contribution in [0.1, 0.15) is 32.6 Å². The molecule has 11 nitrogen and oxygen atoms in total. The van der Waals surface area contributed by atoms with E-state index in [1.165, 1.54) is 6.92 Å². The van der Waals surface area contributed by atoms with Gasteiger partial charge in [0.25, 0.3) is 0 Å². The normalized spacial score (nSPS) is 19.8. The maximum absolute atomic E-state index is 12.4. The molecule has 26 heavy (non-hydrogen) atoms. The van der Waals surface area contributed by atoms with Gasteiger partial charge in [-0.15, -0.1) is 0 Å². The first-order chi connectivity index (χ1) is 12.2. The Kier molecular flexibility index (Phi) is 8.79. The largest absolute Gasteiger partial charge is 0.480 e. The third-order valence-electron chi connectivity index (χ3n) is 4.00. The Morgan fingerprint density at radius 1 is 1.31 bits per heavy atom. The van der Waals surface area contributed by atoms with Gasteiger partial charge < -0.3 is 37.6 Å². The molecule has 148 valence electrons. The lowest BCUT2D eigenvalue weighted by atomic mass is 10.1. The van der Waals surface area contributed by atoms with Gasteiger partial charge in [-0.2, -0.15) is 0 Å². The molecule has 1 heterocycles. The van der Waals surface area contributed by atoms with E-state index in [2.05, 4.69) is 20.9 Å². The summed E-state index contributed by atoms with van der Waals surface area (Å²) in [6.45, 7) is 2.25. The molecule has 0 bridgehead atoms. The first kappa shape index (κ1) is 21.6. The van der Waals surface area contributed by atoms with Crippen molar-refractivity contribution in [1.29, 1.82) is 0 Å². The Balaban J connectivity index is 2.73. The van der Waals surface area contributed by atoms with Gasteiger partial charge in [0.15, 0.2) is 12.0 Å². The van der Waals surface area contributed by atoms with Crippen molar-refractivity contribution in [3.63, 3.8) is 0 Å². The zero-order valence-electron chi connectivity index (χ0n) is 14.8. The van der Waals surface area contributed by atoms with Gasteiger partial charge >= 0.3 is 5.97 Å². The fraction of sp³-hybridized carbons (Fsp3) is 0.733. The number of carboxylic acid groups (broad SMARTS) is 1. The zero-order chi connectivity index (χ0) is 19.7. The molecule has 1 aliphatic heterocycles. The summed E-state index contributed by atoms with van der Waals surface area (Å²) in [5.74, 6) is -2.45. The second kappa shape index (κ2) is 10.6. The highest BCUT2D eigenvalue weighted by Gasteiger charge is 2.31. The Bertz CT molecular complexity index is 529. The molecule has 11 heteroatoms. The molecular weight excluding hydrogens is 344 g/mol. The van der Waals surface area contributed by atoms with Crippen LogP contribution in [0.5, 0.6) is 0 Å². The highest BCUT2D eigenvalue weighted by Crippen LogP contribution is 2.07. The monoisotopic (exact) mass is 372 g/mol. The number of carbonyl (C=O) groups excluding carboxylic acids is 2. The SMILES string of the molecule is CC(O)C(NC(=O)C(CCCN=C(N)N)NC(=O)C1CCCN1)C(=O)O. The number of hydrogen-bond acceptors (Lipinski definition) is 6. The van der Waals surface area contributed by atoms with Crippen LogP contribution < -0.4 is 27.4 Å². The summed E-state index contributed by atoms with van der Waals surface area (Å²) in [4.78, 5) is 39.7. The number of aliphatic imine (C=N–C) groups is 1. The van der Waals surface area contributed by atoms with Crippen molar-refractivity contribution in [2.45, 2.75) is 56.8 Å². The van der Waals surface area contributed by atoms with Gasteiger partial charge in [-0.3, -0.25) is 14.6 Å². The maximum atomic E-state index is 12.4. The third-order valence-corrected chi connectivity index (χ3v) is 4.00. The van der Waals surface area contributed by atoms with E-state index in [0.717, 1.165) is 13.0 Å². The fourth-order valence-electron chi connectivity index (χ4n) is 2.60. The number of hydrogen-bond donors (Lipinski definition) is 7. The molecule has 0 saturated carbocycles. The number of nitrogens with one attached hydrogen (secondary N) is 3. The summed E-state index contributed by atoms with van der Waals surface area (Å²) in [5.41, 5.74) is 10.5. The molecule has 0 aromatic heterocycles. The molecule has 0 aromatic rings. The second-order valence-electron chi connectivity index (χ2n) is 6.22. The average Bonchev–Trinajstić information content (AvgIpc) is 3.08. The molecule has 4 unspecified atom stereocenters. The number of aliphatic carboxylic acids is 1. The van der Waals surface area contributed by atoms with E-state index in [-0.39, 0.29) is 30.9 Å². The molecule has 1 saturated heterocycles. The molecule has 1 rings (SSSR count). The van der Waals surface area contributed by atoms with Crippen molar-refractivity contribution in [3.8, 4) is 0 Å². The predicted molar refractivity (Wildman–Crippen MR) is 94.1 cm³/mol. The number of rotatable bonds is 10. The molecule has 4 atom stereocenters. The number of carboxylic acids is 1. The van der Waals surface area contributed by atoms with Gasteiger partial charge in [-0.1, -0.05) is 0 Å². The second-order valence-corrected chi connectivity index (χ2v) is 6.22. The summed E-state index contributed by atoms with van der Waals surface area (Å²) in [5, 5.41) is 26.5. The average molecular weight is 372 g/mol. The summed E-state index contributed by atoms with van der Waals surface area (Å²) >= 11 is 0. The van der Waals surface area contributed by atoms with Crippen molar-refractivity contribution in [3.05, 3.63) is 0 Å². The van der Waals surface area contributed by atoms with E-state index in [9.17, 15) is 19.5 Å². The highest BCUT2D eigenvalue weighted by molar-refractivity contribution is 5.92. The number of guanidine groups is 1. The van der Waals surface area contributed by atoms with Crippen LogP contribution in [0.25, 0.3) is 0 Å². The first-order valence-electron chi connectivity index (χ1n) is 8.52. The van der Waals surface area contributed by atoms with Crippen LogP contribution in [0.15, 0.2) is 4.99 Å². The summed E-state index contributed by atoms with van der Waals surface area (Å²) in [6.07, 6.45) is 0.863. The van der Waals surface area contributed by atoms with Crippen molar-refractivity contribution in [2.24, 2.45) is 16.5 Å². The van der Waals surface area contributed by atoms with Gasteiger partial charge in [-0.05, 0) is 39.2 Å². The minimum atomic E-state index is -1.47. The predicted octanol–water partition coefficient (Wildman–Crippen LogP) is -2.77. The van der Waals surface area contributed by atoms with E-state index in [1.807, 2.05) is 0 Å². The standard InChI is InChI=1S/C15H28N6O5/c1-8(22)11(14(25)26)21-13(24)10(5-3-7-19-15(16)17)20-12(23)9-4-2-6-18-9/h8-11,18,22H,2-7H2,1H3,(H,20,23)(H,21,24)(H,25,26)(H4,16,17,19). The zero-order valence-corrected chi connectivity index (χ0v) is 14.8. The van der Waals surface area contributed by atoms with Crippen LogP contribution in [0.2, 0.25) is 0 Å². The quantitative estimate of drug-likeness (QED) is 0.122. The van der Waals surface area contributed by atoms with E-state index in [4.69, 9.17) is 16.6 Å². The van der Waals surface area contributed by atoms with E-state index in [1.54, 1.807) is 0 Å². The molecule has 0 aliphatic carbocycles. The van der Waals surface area contributed by atoms with Crippen molar-refractivity contribution in [2.75, 3.05) is 13.1 Å². The van der Waals surface area contributed by atoms with Gasteiger partial charge in [0, 0.05) is 6.54 Å². The van der Waals surface area contributed by atoms with Gasteiger partial charge in [0.05, 0.1) is 12.1 Å². The van der Waals surface area contributed by atoms with Crippen LogP contribution in [0, 0.1) is 0 Å². The van der Waals surface area contributed by atoms with Gasteiger partial charge in [0.2, 0.25) is 11.8 Å². The molecular formula is C15H28N6O5. The van der Waals surface area contributed by atoms with E-state index < -0.39 is 30.1 Å². The summed E-state index contributed by atoms with van der Waals surface area (Å²) < 4.78 is 0. The van der Waals surface area contributed by atoms with Crippen LogP contribution in [0.3, 0.4) is 0 Å². The highest BCUT2D eigenvalue weighted by atomic mass is 16.4. The smallest absolute Gasteiger partial charge is 0.328 e. The number of amides is 2. The van der Waals surface area contributed by atoms with Crippen LogP contribution in [-0.4, -0.2) is 71.3 Å². The lowest BCUT2D eigenvalue weighted by Gasteiger charge is -2.23. The minimum Gasteiger partial charge on any atom is -0.480 e. The first-order valence-corrected chi connectivity index (χ1v) is 8.52. The number of nitrogens with two attached hydrogens (primary N) is 2. The summed E-state index contributed by atoms with van der Waals surface area (Å²) in [6, 6.07) is -2.81. The third kappa shape index (κ3) is 7.23. The van der Waals surface area contributed by atoms with Crippen molar-refractivity contribution < 1.29 is 24.6 Å². The molecule has 0 radical (unpaired) electrons. The number of nitrogens with zero attached hydrogens (tertiary/aromatic N) is 1. The molecule has 0 aromatic carbocycles. The van der Waals surface area contributed by atoms with E-state index >= 15 is 0 Å². The maximum Gasteiger partial charge on any atom is 0.328 e. The Hall–Kier alpha value is -2.40. The number of carbonyl (C=O) groups is 3. The fourth-order valence-corrected chi connectivity index (χ4v) is 2.60. The van der Waals surface area contributed by atoms with Gasteiger partial charge in [0.1, 0.15) is 6.04 Å².